The molecule has 100 valence electrons. The van der Waals surface area contributed by atoms with Crippen LogP contribution < -0.4 is 10.1 Å². The number of hydrogen-bond donors (Lipinski definition) is 1. The maximum absolute atomic E-state index is 11.6. The van der Waals surface area contributed by atoms with Gasteiger partial charge in [0, 0.05) is 19.7 Å². The first-order valence-electron chi connectivity index (χ1n) is 5.43. The summed E-state index contributed by atoms with van der Waals surface area (Å²) in [6.45, 7) is 2.57. The maximum atomic E-state index is 11.6. The SMILES string of the molecule is COCCNC(=O)C(C)Oc1ccc(Cl)c(Cl)c1. The summed E-state index contributed by atoms with van der Waals surface area (Å²) < 4.78 is 10.3. The predicted octanol–water partition coefficient (Wildman–Crippen LogP) is 2.52. The molecule has 1 rings (SSSR count). The van der Waals surface area contributed by atoms with Gasteiger partial charge in [-0.05, 0) is 19.1 Å². The van der Waals surface area contributed by atoms with Gasteiger partial charge in [0.2, 0.25) is 0 Å². The van der Waals surface area contributed by atoms with E-state index in [2.05, 4.69) is 5.32 Å². The first-order valence-corrected chi connectivity index (χ1v) is 6.18. The molecule has 0 heterocycles. The molecule has 0 bridgehead atoms. The van der Waals surface area contributed by atoms with Gasteiger partial charge >= 0.3 is 0 Å². The highest BCUT2D eigenvalue weighted by molar-refractivity contribution is 6.42. The molecule has 0 spiro atoms. The Kier molecular flexibility index (Phi) is 6.25. The molecule has 1 atom stereocenters. The van der Waals surface area contributed by atoms with E-state index in [1.807, 2.05) is 0 Å². The molecule has 18 heavy (non-hydrogen) atoms. The fraction of sp³-hybridized carbons (Fsp3) is 0.417. The van der Waals surface area contributed by atoms with Crippen LogP contribution in [0.25, 0.3) is 0 Å². The number of amides is 1. The summed E-state index contributed by atoms with van der Waals surface area (Å²) in [7, 11) is 1.57. The van der Waals surface area contributed by atoms with E-state index in [0.29, 0.717) is 28.9 Å². The van der Waals surface area contributed by atoms with Gasteiger partial charge in [0.1, 0.15) is 5.75 Å². The van der Waals surface area contributed by atoms with Crippen molar-refractivity contribution in [3.8, 4) is 5.75 Å². The van der Waals surface area contributed by atoms with Crippen molar-refractivity contribution in [2.75, 3.05) is 20.3 Å². The van der Waals surface area contributed by atoms with Crippen LogP contribution in [0.4, 0.5) is 0 Å². The van der Waals surface area contributed by atoms with Gasteiger partial charge in [0.25, 0.3) is 5.91 Å². The number of carbonyl (C=O) groups excluding carboxylic acids is 1. The molecule has 0 aliphatic heterocycles. The predicted molar refractivity (Wildman–Crippen MR) is 71.4 cm³/mol. The number of nitrogens with one attached hydrogen (secondary N) is 1. The van der Waals surface area contributed by atoms with Crippen LogP contribution in [0, 0.1) is 0 Å². The van der Waals surface area contributed by atoms with Gasteiger partial charge in [0.05, 0.1) is 16.7 Å². The molecule has 4 nitrogen and oxygen atoms in total. The van der Waals surface area contributed by atoms with E-state index >= 15 is 0 Å². The first kappa shape index (κ1) is 15.1. The minimum absolute atomic E-state index is 0.210. The number of methoxy groups -OCH3 is 1. The Morgan fingerprint density at radius 3 is 2.72 bits per heavy atom. The number of benzene rings is 1. The normalized spacial score (nSPS) is 12.0. The average Bonchev–Trinajstić information content (AvgIpc) is 2.34. The summed E-state index contributed by atoms with van der Waals surface area (Å²) in [6.07, 6.45) is -0.612. The fourth-order valence-electron chi connectivity index (χ4n) is 1.23. The van der Waals surface area contributed by atoms with Gasteiger partial charge in [-0.2, -0.15) is 0 Å². The lowest BCUT2D eigenvalue weighted by molar-refractivity contribution is -0.127. The first-order chi connectivity index (χ1) is 8.54. The van der Waals surface area contributed by atoms with Crippen LogP contribution in [-0.2, 0) is 9.53 Å². The van der Waals surface area contributed by atoms with Crippen LogP contribution in [0.1, 0.15) is 6.92 Å². The van der Waals surface area contributed by atoms with Crippen molar-refractivity contribution in [2.24, 2.45) is 0 Å². The lowest BCUT2D eigenvalue weighted by Crippen LogP contribution is -2.37. The molecule has 0 saturated carbocycles. The van der Waals surface area contributed by atoms with E-state index in [9.17, 15) is 4.79 Å². The highest BCUT2D eigenvalue weighted by Crippen LogP contribution is 2.26. The second-order valence-corrected chi connectivity index (χ2v) is 4.43. The molecule has 6 heteroatoms. The second kappa shape index (κ2) is 7.46. The highest BCUT2D eigenvalue weighted by atomic mass is 35.5. The molecule has 0 saturated heterocycles. The molecule has 1 N–H and O–H groups in total. The minimum atomic E-state index is -0.612. The summed E-state index contributed by atoms with van der Waals surface area (Å²) in [6, 6.07) is 4.85. The van der Waals surface area contributed by atoms with Crippen molar-refractivity contribution in [3.05, 3.63) is 28.2 Å². The molecule has 0 aromatic heterocycles. The Balaban J connectivity index is 2.50. The van der Waals surface area contributed by atoms with E-state index in [4.69, 9.17) is 32.7 Å². The number of rotatable bonds is 6. The average molecular weight is 292 g/mol. The molecule has 1 amide bonds. The van der Waals surface area contributed by atoms with Crippen LogP contribution in [0.15, 0.2) is 18.2 Å². The lowest BCUT2D eigenvalue weighted by atomic mass is 10.3. The molecule has 0 aliphatic carbocycles. The summed E-state index contributed by atoms with van der Waals surface area (Å²) >= 11 is 11.6. The summed E-state index contributed by atoms with van der Waals surface area (Å²) in [5.74, 6) is 0.289. The van der Waals surface area contributed by atoms with Crippen LogP contribution in [0.5, 0.6) is 5.75 Å². The molecule has 1 aromatic carbocycles. The lowest BCUT2D eigenvalue weighted by Gasteiger charge is -2.14. The zero-order chi connectivity index (χ0) is 13.5. The van der Waals surface area contributed by atoms with E-state index in [-0.39, 0.29) is 5.91 Å². The monoisotopic (exact) mass is 291 g/mol. The highest BCUT2D eigenvalue weighted by Gasteiger charge is 2.14. The topological polar surface area (TPSA) is 47.6 Å². The molecular weight excluding hydrogens is 277 g/mol. The van der Waals surface area contributed by atoms with Crippen molar-refractivity contribution < 1.29 is 14.3 Å². The zero-order valence-corrected chi connectivity index (χ0v) is 11.7. The summed E-state index contributed by atoms with van der Waals surface area (Å²) in [5, 5.41) is 3.52. The zero-order valence-electron chi connectivity index (χ0n) is 10.2. The third-order valence-corrected chi connectivity index (χ3v) is 2.92. The minimum Gasteiger partial charge on any atom is -0.481 e. The molecule has 0 fully saturated rings. The molecule has 0 aliphatic rings. The van der Waals surface area contributed by atoms with Crippen LogP contribution in [-0.4, -0.2) is 32.3 Å². The van der Waals surface area contributed by atoms with Crippen molar-refractivity contribution in [2.45, 2.75) is 13.0 Å². The number of ether oxygens (including phenoxy) is 2. The van der Waals surface area contributed by atoms with E-state index in [0.717, 1.165) is 0 Å². The largest absolute Gasteiger partial charge is 0.481 e. The van der Waals surface area contributed by atoms with Crippen LogP contribution in [0.2, 0.25) is 10.0 Å². The van der Waals surface area contributed by atoms with Gasteiger partial charge in [-0.15, -0.1) is 0 Å². The van der Waals surface area contributed by atoms with E-state index < -0.39 is 6.10 Å². The number of hydrogen-bond acceptors (Lipinski definition) is 3. The maximum Gasteiger partial charge on any atom is 0.260 e. The Labute approximate surface area is 116 Å². The Morgan fingerprint density at radius 1 is 1.39 bits per heavy atom. The van der Waals surface area contributed by atoms with Gasteiger partial charge in [-0.25, -0.2) is 0 Å². The Hall–Kier alpha value is -0.970. The van der Waals surface area contributed by atoms with Crippen molar-refractivity contribution in [1.29, 1.82) is 0 Å². The molecule has 0 radical (unpaired) electrons. The van der Waals surface area contributed by atoms with Crippen molar-refractivity contribution in [1.82, 2.24) is 5.32 Å². The smallest absolute Gasteiger partial charge is 0.260 e. The quantitative estimate of drug-likeness (QED) is 0.820. The summed E-state index contributed by atoms with van der Waals surface area (Å²) in [4.78, 5) is 11.6. The molecule has 1 aromatic rings. The van der Waals surface area contributed by atoms with Crippen molar-refractivity contribution >= 4 is 29.1 Å². The van der Waals surface area contributed by atoms with Gasteiger partial charge in [-0.1, -0.05) is 23.2 Å². The molecule has 1 unspecified atom stereocenters. The van der Waals surface area contributed by atoms with Gasteiger partial charge < -0.3 is 14.8 Å². The van der Waals surface area contributed by atoms with Gasteiger partial charge in [0.15, 0.2) is 6.10 Å². The molecular formula is C12H15Cl2NO3. The van der Waals surface area contributed by atoms with Gasteiger partial charge in [-0.3, -0.25) is 4.79 Å². The van der Waals surface area contributed by atoms with Crippen LogP contribution >= 0.6 is 23.2 Å². The Bertz CT molecular complexity index is 412. The van der Waals surface area contributed by atoms with E-state index in [1.165, 1.54) is 0 Å². The number of halogens is 2. The fourth-order valence-corrected chi connectivity index (χ4v) is 1.52. The van der Waals surface area contributed by atoms with Crippen LogP contribution in [0.3, 0.4) is 0 Å². The van der Waals surface area contributed by atoms with E-state index in [1.54, 1.807) is 32.2 Å². The second-order valence-electron chi connectivity index (χ2n) is 3.62. The Morgan fingerprint density at radius 2 is 2.11 bits per heavy atom. The third kappa shape index (κ3) is 4.72. The third-order valence-electron chi connectivity index (χ3n) is 2.18. The summed E-state index contributed by atoms with van der Waals surface area (Å²) in [5.41, 5.74) is 0. The number of carbonyl (C=O) groups is 1. The standard InChI is InChI=1S/C12H15Cl2NO3/c1-8(12(16)15-5-6-17-2)18-9-3-4-10(13)11(14)7-9/h3-4,7-8H,5-6H2,1-2H3,(H,15,16). The van der Waals surface area contributed by atoms with Crippen molar-refractivity contribution in [3.63, 3.8) is 0 Å².